The molecule has 0 radical (unpaired) electrons. The Balaban J connectivity index is 0.000000824. The fraction of sp³-hybridized carbons (Fsp3) is 0.364. The average molecular weight is 963 g/mol. The van der Waals surface area contributed by atoms with E-state index >= 15 is 0 Å². The van der Waals surface area contributed by atoms with Crippen LogP contribution >= 0.6 is 0 Å². The van der Waals surface area contributed by atoms with Crippen molar-refractivity contribution in [2.75, 3.05) is 18.0 Å². The molecule has 1 aromatic rings. The van der Waals surface area contributed by atoms with Gasteiger partial charge in [-0.15, -0.1) is 0 Å². The van der Waals surface area contributed by atoms with E-state index in [1.807, 2.05) is 55.4 Å². The van der Waals surface area contributed by atoms with Crippen molar-refractivity contribution in [3.8, 4) is 5.75 Å². The molecule has 1 rings (SSSR count). The first kappa shape index (κ1) is 41.8. The predicted octanol–water partition coefficient (Wildman–Crippen LogP) is 1.99. The lowest BCUT2D eigenvalue weighted by Crippen LogP contribution is -2.21. The van der Waals surface area contributed by atoms with E-state index in [4.69, 9.17) is 22.4 Å². The second-order valence-electron chi connectivity index (χ2n) is 4.53. The molecule has 0 amide bonds. The van der Waals surface area contributed by atoms with Crippen molar-refractivity contribution in [2.45, 2.75) is 13.8 Å². The van der Waals surface area contributed by atoms with Crippen molar-refractivity contribution in [1.29, 1.82) is 0 Å². The van der Waals surface area contributed by atoms with E-state index in [0.717, 1.165) is 18.8 Å². The monoisotopic (exact) mass is 960 g/mol. The summed E-state index contributed by atoms with van der Waals surface area (Å²) in [6.07, 6.45) is 0.654. The van der Waals surface area contributed by atoms with Gasteiger partial charge in [-0.3, -0.25) is 4.79 Å². The fourth-order valence-corrected chi connectivity index (χ4v) is 56.5. The molecule has 0 fully saturated rings. The maximum Gasteiger partial charge on any atom is 0.153 e. The van der Waals surface area contributed by atoms with Crippen LogP contribution in [0.3, 0.4) is 0 Å². The first-order valence-electron chi connectivity index (χ1n) is 8.59. The minimum Gasteiger partial charge on any atom is -0.507 e. The number of hydrogen-bond acceptors (Lipinski definition) is 5. The summed E-state index contributed by atoms with van der Waals surface area (Å²) < 4.78 is 0. The van der Waals surface area contributed by atoms with Crippen molar-refractivity contribution in [1.82, 2.24) is 0 Å². The third-order valence-corrected chi connectivity index (χ3v) is 49.5. The summed E-state index contributed by atoms with van der Waals surface area (Å²) in [4.78, 5) is 12.6. The molecule has 0 aromatic heterocycles. The number of phenolic OH excluding ortho intramolecular Hbond substituents is 1. The van der Waals surface area contributed by atoms with E-state index in [9.17, 15) is 9.90 Å². The number of nitrogens with zero attached hydrogens (tertiary/aromatic N) is 1. The largest absolute Gasteiger partial charge is 0.507 e. The first-order chi connectivity index (χ1) is 18.6. The molecule has 220 valence electrons. The first-order valence-corrected chi connectivity index (χ1v) is 39.3. The van der Waals surface area contributed by atoms with Gasteiger partial charge >= 0.3 is 0 Å². The fourth-order valence-electron chi connectivity index (χ4n) is 1.64. The van der Waals surface area contributed by atoms with Crippen molar-refractivity contribution >= 4 is 230 Å². The summed E-state index contributed by atoms with van der Waals surface area (Å²) >= 11 is 9.54. The molecule has 0 spiro atoms. The molecule has 27 heteroatoms. The van der Waals surface area contributed by atoms with Gasteiger partial charge in [-0.2, -0.15) is 0 Å². The molecule has 0 aliphatic rings. The van der Waals surface area contributed by atoms with Gasteiger partial charge in [0.1, 0.15) is 5.75 Å². The molecule has 1 aromatic carbocycles. The minimum absolute atomic E-state index is 0.0457. The van der Waals surface area contributed by atoms with Crippen LogP contribution in [0.2, 0.25) is 0 Å². The molecule has 1 N–H and O–H groups in total. The van der Waals surface area contributed by atoms with Gasteiger partial charge in [0.05, 0.1) is 5.56 Å². The van der Waals surface area contributed by atoms with Crippen LogP contribution in [0.5, 0.6) is 5.75 Å². The second kappa shape index (κ2) is 33.7. The number of rotatable bonds is 4. The van der Waals surface area contributed by atoms with Gasteiger partial charge in [0.25, 0.3) is 0 Å². The zero-order valence-electron chi connectivity index (χ0n) is 18.3. The van der Waals surface area contributed by atoms with Crippen LogP contribution in [0, 0.1) is 0 Å². The quantitative estimate of drug-likeness (QED) is 0.469. The Morgan fingerprint density at radius 2 is 0.947 bits per heavy atom. The Kier molecular flexibility index (Phi) is 37.0. The number of carbonyl (C=O) groups excluding carboxylic acids is 1. The Labute approximate surface area is 294 Å². The smallest absolute Gasteiger partial charge is 0.153 e. The number of aromatic hydroxyl groups is 1. The number of anilines is 1. The van der Waals surface area contributed by atoms with Gasteiger partial charge in [0.15, 0.2) is 6.29 Å². The van der Waals surface area contributed by atoms with Crippen LogP contribution in [0.15, 0.2) is 18.2 Å². The minimum atomic E-state index is 0.0457. The highest BCUT2D eigenvalue weighted by Gasteiger charge is 2.05. The highest BCUT2D eigenvalue weighted by atomic mass is 33.5. The van der Waals surface area contributed by atoms with Crippen LogP contribution < -0.4 is 4.90 Å². The van der Waals surface area contributed by atoms with Crippen molar-refractivity contribution < 1.29 is 9.90 Å². The zero-order chi connectivity index (χ0) is 28.1. The molecule has 0 bridgehead atoms. The van der Waals surface area contributed by atoms with E-state index in [2.05, 4.69) is 4.90 Å². The lowest BCUT2D eigenvalue weighted by molar-refractivity contribution is 0.112. The van der Waals surface area contributed by atoms with E-state index in [1.54, 1.807) is 154 Å². The molecular formula is C11H15NO2S24. The van der Waals surface area contributed by atoms with Crippen LogP contribution in [-0.2, 0) is 218 Å². The Bertz CT molecular complexity index is 1800. The number of aldehydes is 1. The van der Waals surface area contributed by atoms with Crippen LogP contribution in [0.4, 0.5) is 5.69 Å². The highest BCUT2D eigenvalue weighted by molar-refractivity contribution is 8.79. The SMILES string of the molecule is CCN(CC)c1ccc(C=O)c(O)c1.S=S=S=S=S=S=S=S=S=S=S=S=S=S=S=S=S=S=S=S=S=S=S=S. The van der Waals surface area contributed by atoms with E-state index in [0.29, 0.717) is 11.8 Å². The molecule has 0 saturated heterocycles. The van der Waals surface area contributed by atoms with Crippen LogP contribution in [-0.4, -0.2) is 24.5 Å². The summed E-state index contributed by atoms with van der Waals surface area (Å²) in [7, 11) is 38.1. The molecule has 0 unspecified atom stereocenters. The Hall–Kier alpha value is 3.77. The molecule has 0 atom stereocenters. The molecule has 38 heavy (non-hydrogen) atoms. The van der Waals surface area contributed by atoms with Gasteiger partial charge < -0.3 is 10.0 Å². The molecule has 0 heterocycles. The predicted molar refractivity (Wildman–Crippen MR) is 234 cm³/mol. The van der Waals surface area contributed by atoms with Gasteiger partial charge in [0.2, 0.25) is 0 Å². The molecule has 3 nitrogen and oxygen atoms in total. The lowest BCUT2D eigenvalue weighted by Gasteiger charge is -2.21. The maximum absolute atomic E-state index is 10.5. The average Bonchev–Trinajstić information content (AvgIpc) is 2.93. The number of hydrogen-bond donors (Lipinski definition) is 1. The third-order valence-electron chi connectivity index (χ3n) is 2.85. The van der Waals surface area contributed by atoms with Gasteiger partial charge in [-0.05, 0) is 26.0 Å². The maximum atomic E-state index is 10.5. The van der Waals surface area contributed by atoms with Gasteiger partial charge in [-0.25, -0.2) is 0 Å². The highest BCUT2D eigenvalue weighted by Crippen LogP contribution is 2.23. The zero-order valence-corrected chi connectivity index (χ0v) is 37.9. The summed E-state index contributed by atoms with van der Waals surface area (Å²) in [5.74, 6) is 0.0457. The standard InChI is InChI=1S/C11H15NO2.S24/c1-3-12(4-2)10-6-5-9(8-13)11(14)7-10;1-3-5-7-9-11-13-15-17-19-21-23-24-22-20-18-16-14-12-10-8-6-4-2/h5-8,14H,3-4H2,1-2H3;. The lowest BCUT2D eigenvalue weighted by atomic mass is 10.2. The van der Waals surface area contributed by atoms with Crippen molar-refractivity contribution in [3.05, 3.63) is 23.8 Å². The third kappa shape index (κ3) is 26.2. The molecule has 0 aliphatic carbocycles. The van der Waals surface area contributed by atoms with Crippen LogP contribution in [0.25, 0.3) is 0 Å². The summed E-state index contributed by atoms with van der Waals surface area (Å²) in [6.45, 7) is 5.87. The van der Waals surface area contributed by atoms with E-state index < -0.39 is 0 Å². The van der Waals surface area contributed by atoms with E-state index in [-0.39, 0.29) is 5.75 Å². The Morgan fingerprint density at radius 3 is 1.18 bits per heavy atom. The topological polar surface area (TPSA) is 40.5 Å². The summed E-state index contributed by atoms with van der Waals surface area (Å²) in [5.41, 5.74) is 1.28. The second-order valence-corrected chi connectivity index (χ2v) is 43.4. The van der Waals surface area contributed by atoms with E-state index in [1.165, 1.54) is 17.8 Å². The normalized spacial score (nSPS) is 8.37. The number of phenols is 1. The summed E-state index contributed by atoms with van der Waals surface area (Å²) in [5, 5.41) is 9.47. The van der Waals surface area contributed by atoms with Crippen LogP contribution in [0.1, 0.15) is 24.2 Å². The molecule has 0 aliphatic heterocycles. The Morgan fingerprint density at radius 1 is 0.632 bits per heavy atom. The number of benzene rings is 1. The molecule has 0 saturated carbocycles. The summed E-state index contributed by atoms with van der Waals surface area (Å²) in [6, 6.07) is 5.10. The van der Waals surface area contributed by atoms with Crippen molar-refractivity contribution in [3.63, 3.8) is 0 Å². The molecular weight excluding hydrogens is 948 g/mol. The van der Waals surface area contributed by atoms with Gasteiger partial charge in [0, 0.05) is 243 Å². The van der Waals surface area contributed by atoms with Gasteiger partial charge in [-0.1, -0.05) is 0 Å². The van der Waals surface area contributed by atoms with Crippen molar-refractivity contribution in [2.24, 2.45) is 0 Å². The number of carbonyl (C=O) groups is 1.